The van der Waals surface area contributed by atoms with E-state index >= 15 is 0 Å². The summed E-state index contributed by atoms with van der Waals surface area (Å²) in [7, 11) is 0. The molecule has 0 unspecified atom stereocenters. The van der Waals surface area contributed by atoms with Crippen LogP contribution in [0.4, 0.5) is 0 Å². The zero-order chi connectivity index (χ0) is 25.2. The molecular formula is C36H29N. The molecule has 0 saturated carbocycles. The van der Waals surface area contributed by atoms with Crippen LogP contribution in [0.15, 0.2) is 139 Å². The lowest BCUT2D eigenvalue weighted by molar-refractivity contribution is 1.27. The standard InChI is InChI=1S/C36H29N/c1-25(37)11-5-6-12-26-19-20-29-24-30(22-21-28(29)23-26)36-33-17-9-7-15-31(33)35(27-13-3-2-4-14-27)32-16-8-10-18-34(32)36/h2-11,13-24H,12,37H2,1H3/b6-5-,25-11-. The fourth-order valence-electron chi connectivity index (χ4n) is 5.36. The summed E-state index contributed by atoms with van der Waals surface area (Å²) in [4.78, 5) is 0. The number of hydrogen-bond acceptors (Lipinski definition) is 1. The zero-order valence-electron chi connectivity index (χ0n) is 21.0. The van der Waals surface area contributed by atoms with Crippen LogP contribution < -0.4 is 5.73 Å². The number of allylic oxidation sites excluding steroid dienone is 4. The van der Waals surface area contributed by atoms with Crippen molar-refractivity contribution in [3.05, 3.63) is 145 Å². The van der Waals surface area contributed by atoms with E-state index in [1.807, 2.05) is 19.1 Å². The average Bonchev–Trinajstić information content (AvgIpc) is 2.94. The van der Waals surface area contributed by atoms with Crippen molar-refractivity contribution in [3.8, 4) is 22.3 Å². The summed E-state index contributed by atoms with van der Waals surface area (Å²) in [6.07, 6.45) is 7.00. The first-order valence-electron chi connectivity index (χ1n) is 12.8. The summed E-state index contributed by atoms with van der Waals surface area (Å²) >= 11 is 0. The molecule has 1 heteroatoms. The molecule has 0 fully saturated rings. The highest BCUT2D eigenvalue weighted by molar-refractivity contribution is 6.21. The molecule has 0 bridgehead atoms. The Balaban J connectivity index is 1.52. The third kappa shape index (κ3) is 4.41. The Bertz CT molecular complexity index is 1750. The highest BCUT2D eigenvalue weighted by atomic mass is 14.5. The monoisotopic (exact) mass is 475 g/mol. The predicted octanol–water partition coefficient (Wildman–Crippen LogP) is 9.44. The van der Waals surface area contributed by atoms with Crippen LogP contribution >= 0.6 is 0 Å². The molecule has 37 heavy (non-hydrogen) atoms. The molecule has 2 N–H and O–H groups in total. The minimum atomic E-state index is 0.819. The van der Waals surface area contributed by atoms with Crippen molar-refractivity contribution in [1.82, 2.24) is 0 Å². The molecule has 0 atom stereocenters. The summed E-state index contributed by atoms with van der Waals surface area (Å²) in [5, 5.41) is 7.64. The van der Waals surface area contributed by atoms with E-state index in [1.165, 1.54) is 60.1 Å². The second-order valence-electron chi connectivity index (χ2n) is 9.65. The van der Waals surface area contributed by atoms with Crippen molar-refractivity contribution in [3.63, 3.8) is 0 Å². The molecule has 0 aliphatic carbocycles. The molecule has 0 amide bonds. The lowest BCUT2D eigenvalue weighted by Crippen LogP contribution is -1.91. The van der Waals surface area contributed by atoms with Gasteiger partial charge in [0.15, 0.2) is 0 Å². The molecule has 0 radical (unpaired) electrons. The van der Waals surface area contributed by atoms with Gasteiger partial charge >= 0.3 is 0 Å². The SMILES string of the molecule is C/C(N)=C/C=C\Cc1ccc2cc(-c3c4ccccc4c(-c4ccccc4)c4ccccc34)ccc2c1. The first-order chi connectivity index (χ1) is 18.2. The number of benzene rings is 6. The minimum Gasteiger partial charge on any atom is -0.402 e. The van der Waals surface area contributed by atoms with Crippen LogP contribution in [-0.4, -0.2) is 0 Å². The second-order valence-corrected chi connectivity index (χ2v) is 9.65. The van der Waals surface area contributed by atoms with E-state index in [0.29, 0.717) is 0 Å². The van der Waals surface area contributed by atoms with Crippen molar-refractivity contribution >= 4 is 32.3 Å². The molecule has 1 nitrogen and oxygen atoms in total. The number of nitrogens with two attached hydrogens (primary N) is 1. The lowest BCUT2D eigenvalue weighted by Gasteiger charge is -2.18. The maximum atomic E-state index is 5.73. The van der Waals surface area contributed by atoms with E-state index in [2.05, 4.69) is 121 Å². The quantitative estimate of drug-likeness (QED) is 0.195. The van der Waals surface area contributed by atoms with Gasteiger partial charge in [-0.3, -0.25) is 0 Å². The largest absolute Gasteiger partial charge is 0.402 e. The fourth-order valence-corrected chi connectivity index (χ4v) is 5.36. The third-order valence-electron chi connectivity index (χ3n) is 7.04. The van der Waals surface area contributed by atoms with Gasteiger partial charge in [0.1, 0.15) is 0 Å². The molecule has 0 saturated heterocycles. The van der Waals surface area contributed by atoms with Gasteiger partial charge in [-0.1, -0.05) is 121 Å². The van der Waals surface area contributed by atoms with Crippen molar-refractivity contribution in [2.45, 2.75) is 13.3 Å². The van der Waals surface area contributed by atoms with E-state index < -0.39 is 0 Å². The first kappa shape index (κ1) is 22.8. The molecule has 0 aromatic heterocycles. The summed E-state index contributed by atoms with van der Waals surface area (Å²) < 4.78 is 0. The van der Waals surface area contributed by atoms with Gasteiger partial charge in [0.25, 0.3) is 0 Å². The molecule has 0 aliphatic heterocycles. The molecule has 6 aromatic rings. The molecule has 0 aliphatic rings. The van der Waals surface area contributed by atoms with Gasteiger partial charge in [-0.2, -0.15) is 0 Å². The van der Waals surface area contributed by atoms with Crippen LogP contribution in [0.2, 0.25) is 0 Å². The van der Waals surface area contributed by atoms with Gasteiger partial charge in [-0.05, 0) is 85.6 Å². The molecule has 6 rings (SSSR count). The van der Waals surface area contributed by atoms with E-state index in [9.17, 15) is 0 Å². The van der Waals surface area contributed by atoms with Crippen LogP contribution in [0.5, 0.6) is 0 Å². The van der Waals surface area contributed by atoms with Gasteiger partial charge in [0.05, 0.1) is 0 Å². The maximum Gasteiger partial charge on any atom is 0.00487 e. The van der Waals surface area contributed by atoms with Gasteiger partial charge in [0, 0.05) is 5.70 Å². The Hall–Kier alpha value is -4.62. The van der Waals surface area contributed by atoms with Crippen LogP contribution in [-0.2, 0) is 6.42 Å². The van der Waals surface area contributed by atoms with Gasteiger partial charge < -0.3 is 5.73 Å². The van der Waals surface area contributed by atoms with Gasteiger partial charge in [0.2, 0.25) is 0 Å². The normalized spacial score (nSPS) is 12.2. The molecular weight excluding hydrogens is 446 g/mol. The van der Waals surface area contributed by atoms with E-state index in [0.717, 1.165) is 12.1 Å². The Kier molecular flexibility index (Phi) is 6.04. The summed E-state index contributed by atoms with van der Waals surface area (Å²) in [5.41, 5.74) is 12.9. The topological polar surface area (TPSA) is 26.0 Å². The van der Waals surface area contributed by atoms with Crippen LogP contribution in [0, 0.1) is 0 Å². The van der Waals surface area contributed by atoms with Crippen LogP contribution in [0.1, 0.15) is 12.5 Å². The molecule has 6 aromatic carbocycles. The summed E-state index contributed by atoms with van der Waals surface area (Å²) in [6, 6.07) is 42.0. The van der Waals surface area contributed by atoms with E-state index in [1.54, 1.807) is 0 Å². The minimum absolute atomic E-state index is 0.819. The van der Waals surface area contributed by atoms with Crippen LogP contribution in [0.25, 0.3) is 54.6 Å². The molecule has 0 heterocycles. The fraction of sp³-hybridized carbons (Fsp3) is 0.0556. The predicted molar refractivity (Wildman–Crippen MR) is 161 cm³/mol. The van der Waals surface area contributed by atoms with Crippen molar-refractivity contribution in [1.29, 1.82) is 0 Å². The smallest absolute Gasteiger partial charge is 0.00487 e. The number of rotatable bonds is 5. The highest BCUT2D eigenvalue weighted by Crippen LogP contribution is 2.43. The van der Waals surface area contributed by atoms with Crippen molar-refractivity contribution < 1.29 is 0 Å². The molecule has 0 spiro atoms. The maximum absolute atomic E-state index is 5.73. The van der Waals surface area contributed by atoms with E-state index in [-0.39, 0.29) is 0 Å². The van der Waals surface area contributed by atoms with Crippen molar-refractivity contribution in [2.24, 2.45) is 5.73 Å². The van der Waals surface area contributed by atoms with Crippen LogP contribution in [0.3, 0.4) is 0 Å². The average molecular weight is 476 g/mol. The zero-order valence-corrected chi connectivity index (χ0v) is 21.0. The molecule has 178 valence electrons. The summed E-state index contributed by atoms with van der Waals surface area (Å²) in [5.74, 6) is 0. The van der Waals surface area contributed by atoms with Gasteiger partial charge in [-0.25, -0.2) is 0 Å². The number of fused-ring (bicyclic) bond motifs is 3. The second kappa shape index (κ2) is 9.79. The first-order valence-corrected chi connectivity index (χ1v) is 12.8. The Morgan fingerprint density at radius 2 is 1.14 bits per heavy atom. The Morgan fingerprint density at radius 3 is 1.76 bits per heavy atom. The highest BCUT2D eigenvalue weighted by Gasteiger charge is 2.16. The van der Waals surface area contributed by atoms with Gasteiger partial charge in [-0.15, -0.1) is 0 Å². The Morgan fingerprint density at radius 1 is 0.595 bits per heavy atom. The Labute approximate surface area is 218 Å². The third-order valence-corrected chi connectivity index (χ3v) is 7.04. The summed E-state index contributed by atoms with van der Waals surface area (Å²) in [6.45, 7) is 1.90. The number of hydrogen-bond donors (Lipinski definition) is 1. The van der Waals surface area contributed by atoms with E-state index in [4.69, 9.17) is 5.73 Å². The lowest BCUT2D eigenvalue weighted by atomic mass is 9.85. The van der Waals surface area contributed by atoms with Crippen molar-refractivity contribution in [2.75, 3.05) is 0 Å².